The van der Waals surface area contributed by atoms with Gasteiger partial charge >= 0.3 is 5.97 Å². The Morgan fingerprint density at radius 1 is 1.12 bits per heavy atom. The molecule has 2 N–H and O–H groups in total. The predicted molar refractivity (Wildman–Crippen MR) is 94.9 cm³/mol. The lowest BCUT2D eigenvalue weighted by molar-refractivity contribution is 0.0600. The smallest absolute Gasteiger partial charge is 0.337 e. The van der Waals surface area contributed by atoms with Crippen molar-refractivity contribution < 1.29 is 14.3 Å². The molecule has 8 heteroatoms. The fourth-order valence-electron chi connectivity index (χ4n) is 2.32. The molecule has 0 unspecified atom stereocenters. The largest absolute Gasteiger partial charge is 0.465 e. The number of amides is 1. The van der Waals surface area contributed by atoms with E-state index in [0.717, 1.165) is 4.68 Å². The van der Waals surface area contributed by atoms with Crippen molar-refractivity contribution in [2.24, 2.45) is 0 Å². The molecule has 0 bridgehead atoms. The second-order valence-corrected chi connectivity index (χ2v) is 5.52. The quantitative estimate of drug-likeness (QED) is 0.555. The summed E-state index contributed by atoms with van der Waals surface area (Å²) in [7, 11) is 1.27. The lowest BCUT2D eigenvalue weighted by Gasteiger charge is -2.10. The topological polar surface area (TPSA) is 93.2 Å². The van der Waals surface area contributed by atoms with Gasteiger partial charge in [0.1, 0.15) is 0 Å². The molecule has 1 aromatic heterocycles. The molecule has 7 nitrogen and oxygen atoms in total. The van der Waals surface area contributed by atoms with Crippen LogP contribution in [-0.2, 0) is 4.74 Å². The van der Waals surface area contributed by atoms with Crippen LogP contribution in [0.25, 0.3) is 10.9 Å². The Morgan fingerprint density at radius 2 is 1.84 bits per heavy atom. The maximum atomic E-state index is 12.6. The fourth-order valence-corrected chi connectivity index (χ4v) is 2.56. The number of ether oxygens (including phenoxy) is 1. The number of nitrogens with one attached hydrogen (secondary N) is 2. The highest BCUT2D eigenvalue weighted by Gasteiger charge is 2.12. The average molecular weight is 355 g/mol. The van der Waals surface area contributed by atoms with E-state index in [-0.39, 0.29) is 15.7 Å². The van der Waals surface area contributed by atoms with E-state index in [1.807, 2.05) is 0 Å². The first kappa shape index (κ1) is 16.6. The molecular weight excluding hydrogens is 342 g/mol. The molecule has 0 aliphatic rings. The van der Waals surface area contributed by atoms with Crippen molar-refractivity contribution in [3.8, 4) is 0 Å². The van der Waals surface area contributed by atoms with Crippen LogP contribution in [0, 0.1) is 4.77 Å². The van der Waals surface area contributed by atoms with Gasteiger partial charge in [0.15, 0.2) is 4.77 Å². The Balaban J connectivity index is 2.05. The van der Waals surface area contributed by atoms with Gasteiger partial charge in [0, 0.05) is 5.56 Å². The Hall–Kier alpha value is -3.26. The lowest BCUT2D eigenvalue weighted by atomic mass is 10.1. The van der Waals surface area contributed by atoms with Crippen LogP contribution in [0.5, 0.6) is 0 Å². The number of hydrogen-bond acceptors (Lipinski definition) is 5. The third-order valence-corrected chi connectivity index (χ3v) is 3.85. The van der Waals surface area contributed by atoms with E-state index in [0.29, 0.717) is 11.1 Å². The van der Waals surface area contributed by atoms with E-state index >= 15 is 0 Å². The first-order valence-electron chi connectivity index (χ1n) is 7.25. The molecule has 0 saturated heterocycles. The SMILES string of the molecule is COC(=O)c1ccc2c(=O)n(NC(=O)c3ccccc3)c(=S)[nH]c2c1. The maximum Gasteiger partial charge on any atom is 0.337 e. The summed E-state index contributed by atoms with van der Waals surface area (Å²) in [6, 6.07) is 12.9. The van der Waals surface area contributed by atoms with Gasteiger partial charge in [-0.3, -0.25) is 15.0 Å². The van der Waals surface area contributed by atoms with E-state index in [4.69, 9.17) is 12.2 Å². The molecule has 1 amide bonds. The van der Waals surface area contributed by atoms with Gasteiger partial charge in [-0.2, -0.15) is 4.68 Å². The molecule has 0 radical (unpaired) electrons. The van der Waals surface area contributed by atoms with Crippen LogP contribution in [0.1, 0.15) is 20.7 Å². The summed E-state index contributed by atoms with van der Waals surface area (Å²) < 4.78 is 5.62. The van der Waals surface area contributed by atoms with Crippen LogP contribution in [0.2, 0.25) is 0 Å². The number of methoxy groups -OCH3 is 1. The predicted octanol–water partition coefficient (Wildman–Crippen LogP) is 2.23. The van der Waals surface area contributed by atoms with Crippen molar-refractivity contribution in [1.82, 2.24) is 9.66 Å². The zero-order chi connectivity index (χ0) is 18.0. The van der Waals surface area contributed by atoms with Crippen LogP contribution in [0.4, 0.5) is 0 Å². The minimum Gasteiger partial charge on any atom is -0.465 e. The zero-order valence-electron chi connectivity index (χ0n) is 13.1. The van der Waals surface area contributed by atoms with Crippen LogP contribution in [0.15, 0.2) is 53.3 Å². The van der Waals surface area contributed by atoms with Gasteiger partial charge in [-0.25, -0.2) is 4.79 Å². The van der Waals surface area contributed by atoms with Gasteiger partial charge < -0.3 is 9.72 Å². The Bertz CT molecular complexity index is 1090. The number of nitrogens with zero attached hydrogens (tertiary/aromatic N) is 1. The van der Waals surface area contributed by atoms with E-state index in [9.17, 15) is 14.4 Å². The van der Waals surface area contributed by atoms with Crippen LogP contribution < -0.4 is 11.0 Å². The third kappa shape index (κ3) is 3.20. The number of H-pyrrole nitrogens is 1. The first-order valence-corrected chi connectivity index (χ1v) is 7.66. The highest BCUT2D eigenvalue weighted by Crippen LogP contribution is 2.11. The minimum absolute atomic E-state index is 0.00352. The van der Waals surface area contributed by atoms with Crippen LogP contribution in [-0.4, -0.2) is 28.6 Å². The highest BCUT2D eigenvalue weighted by atomic mass is 32.1. The fraction of sp³-hybridized carbons (Fsp3) is 0.0588. The molecular formula is C17H13N3O4S. The number of carbonyl (C=O) groups excluding carboxylic acids is 2. The lowest BCUT2D eigenvalue weighted by Crippen LogP contribution is -2.34. The average Bonchev–Trinajstić information content (AvgIpc) is 2.64. The molecule has 0 spiro atoms. The molecule has 1 heterocycles. The number of benzene rings is 2. The summed E-state index contributed by atoms with van der Waals surface area (Å²) in [4.78, 5) is 39.3. The molecule has 2 aromatic carbocycles. The van der Waals surface area contributed by atoms with Crippen molar-refractivity contribution in [2.45, 2.75) is 0 Å². The van der Waals surface area contributed by atoms with Crippen LogP contribution in [0.3, 0.4) is 0 Å². The number of rotatable bonds is 3. The summed E-state index contributed by atoms with van der Waals surface area (Å²) in [6.45, 7) is 0. The summed E-state index contributed by atoms with van der Waals surface area (Å²) in [5.41, 5.74) is 3.03. The summed E-state index contributed by atoms with van der Waals surface area (Å²) in [5, 5.41) is 0.273. The Kier molecular flexibility index (Phi) is 4.44. The van der Waals surface area contributed by atoms with Gasteiger partial charge in [-0.05, 0) is 42.5 Å². The van der Waals surface area contributed by atoms with Gasteiger partial charge in [0.25, 0.3) is 11.5 Å². The molecule has 3 rings (SSSR count). The second kappa shape index (κ2) is 6.70. The molecule has 0 fully saturated rings. The standard InChI is InChI=1S/C17H13N3O4S/c1-24-16(23)11-7-8-12-13(9-11)18-17(25)20(15(12)22)19-14(21)10-5-3-2-4-6-10/h2-9H,1H3,(H,18,25)(H,19,21). The van der Waals surface area contributed by atoms with Crippen molar-refractivity contribution in [3.05, 3.63) is 74.8 Å². The Labute approximate surface area is 146 Å². The highest BCUT2D eigenvalue weighted by molar-refractivity contribution is 7.71. The molecule has 0 aliphatic carbocycles. The minimum atomic E-state index is -0.525. The number of carbonyl (C=O) groups is 2. The summed E-state index contributed by atoms with van der Waals surface area (Å²) in [6.07, 6.45) is 0. The summed E-state index contributed by atoms with van der Waals surface area (Å²) >= 11 is 5.15. The third-order valence-electron chi connectivity index (χ3n) is 3.57. The van der Waals surface area contributed by atoms with E-state index < -0.39 is 17.4 Å². The van der Waals surface area contributed by atoms with Crippen molar-refractivity contribution in [3.63, 3.8) is 0 Å². The van der Waals surface area contributed by atoms with Gasteiger partial charge in [-0.15, -0.1) is 0 Å². The van der Waals surface area contributed by atoms with Crippen LogP contribution >= 0.6 is 12.2 Å². The number of hydrogen-bond donors (Lipinski definition) is 2. The van der Waals surface area contributed by atoms with Gasteiger partial charge in [-0.1, -0.05) is 18.2 Å². The molecule has 3 aromatic rings. The number of esters is 1. The zero-order valence-corrected chi connectivity index (χ0v) is 13.9. The Morgan fingerprint density at radius 3 is 2.52 bits per heavy atom. The van der Waals surface area contributed by atoms with E-state index in [2.05, 4.69) is 15.1 Å². The molecule has 126 valence electrons. The molecule has 0 saturated carbocycles. The molecule has 0 aliphatic heterocycles. The first-order chi connectivity index (χ1) is 12.0. The second-order valence-electron chi connectivity index (χ2n) is 5.13. The molecule has 0 atom stereocenters. The van der Waals surface area contributed by atoms with E-state index in [1.165, 1.54) is 25.3 Å². The number of fused-ring (bicyclic) bond motifs is 1. The monoisotopic (exact) mass is 355 g/mol. The van der Waals surface area contributed by atoms with Crippen molar-refractivity contribution in [2.75, 3.05) is 12.5 Å². The van der Waals surface area contributed by atoms with Gasteiger partial charge in [0.05, 0.1) is 23.6 Å². The number of aromatic amines is 1. The molecule has 25 heavy (non-hydrogen) atoms. The number of aromatic nitrogens is 2. The van der Waals surface area contributed by atoms with Crippen molar-refractivity contribution in [1.29, 1.82) is 0 Å². The maximum absolute atomic E-state index is 12.6. The summed E-state index contributed by atoms with van der Waals surface area (Å²) in [5.74, 6) is -0.990. The van der Waals surface area contributed by atoms with E-state index in [1.54, 1.807) is 30.3 Å². The van der Waals surface area contributed by atoms with Gasteiger partial charge in [0.2, 0.25) is 0 Å². The normalized spacial score (nSPS) is 10.4. The van der Waals surface area contributed by atoms with Crippen molar-refractivity contribution >= 4 is 35.0 Å².